The van der Waals surface area contributed by atoms with Crippen LogP contribution in [-0.2, 0) is 11.3 Å². The van der Waals surface area contributed by atoms with Crippen molar-refractivity contribution in [3.05, 3.63) is 58.3 Å². The standard InChI is InChI=1S/C17H19N5OS/c1-13-12-24-17(19-13)16-11-21(7-8-23-16)10-14-9-18-22(20-14)15-5-3-2-4-6-15/h2-6,9,12,16H,7-8,10-11H2,1H3. The summed E-state index contributed by atoms with van der Waals surface area (Å²) in [6, 6.07) is 9.96. The Morgan fingerprint density at radius 3 is 2.96 bits per heavy atom. The molecular formula is C17H19N5OS. The third-order valence-corrected chi connectivity index (χ3v) is 5.03. The number of ether oxygens (including phenoxy) is 1. The second-order valence-electron chi connectivity index (χ2n) is 5.88. The van der Waals surface area contributed by atoms with Crippen molar-refractivity contribution in [2.45, 2.75) is 19.6 Å². The Bertz CT molecular complexity index is 800. The number of hydrogen-bond donors (Lipinski definition) is 0. The van der Waals surface area contributed by atoms with E-state index >= 15 is 0 Å². The van der Waals surface area contributed by atoms with Crippen molar-refractivity contribution in [1.29, 1.82) is 0 Å². The number of benzene rings is 1. The molecular weight excluding hydrogens is 322 g/mol. The molecule has 2 aromatic heterocycles. The van der Waals surface area contributed by atoms with Crippen LogP contribution in [0, 0.1) is 6.92 Å². The monoisotopic (exact) mass is 341 g/mol. The molecule has 1 fully saturated rings. The molecule has 3 heterocycles. The summed E-state index contributed by atoms with van der Waals surface area (Å²) in [5.74, 6) is 0. The second kappa shape index (κ2) is 6.80. The molecule has 1 aliphatic heterocycles. The van der Waals surface area contributed by atoms with Gasteiger partial charge >= 0.3 is 0 Å². The molecule has 24 heavy (non-hydrogen) atoms. The molecule has 1 atom stereocenters. The van der Waals surface area contributed by atoms with Gasteiger partial charge < -0.3 is 4.74 Å². The Kier molecular flexibility index (Phi) is 4.38. The van der Waals surface area contributed by atoms with Crippen LogP contribution in [0.5, 0.6) is 0 Å². The summed E-state index contributed by atoms with van der Waals surface area (Å²) in [6.07, 6.45) is 1.90. The van der Waals surface area contributed by atoms with Crippen molar-refractivity contribution < 1.29 is 4.74 Å². The highest BCUT2D eigenvalue weighted by atomic mass is 32.1. The average molecular weight is 341 g/mol. The fourth-order valence-corrected chi connectivity index (χ4v) is 3.63. The maximum Gasteiger partial charge on any atom is 0.123 e. The smallest absolute Gasteiger partial charge is 0.123 e. The molecule has 0 aliphatic carbocycles. The van der Waals surface area contributed by atoms with Crippen molar-refractivity contribution >= 4 is 11.3 Å². The first-order chi connectivity index (χ1) is 11.8. The Morgan fingerprint density at radius 1 is 1.29 bits per heavy atom. The summed E-state index contributed by atoms with van der Waals surface area (Å²) in [5.41, 5.74) is 3.00. The van der Waals surface area contributed by atoms with E-state index in [9.17, 15) is 0 Å². The number of hydrogen-bond acceptors (Lipinski definition) is 6. The molecule has 1 aromatic carbocycles. The van der Waals surface area contributed by atoms with Crippen LogP contribution in [0.2, 0.25) is 0 Å². The van der Waals surface area contributed by atoms with Gasteiger partial charge in [0.15, 0.2) is 0 Å². The van der Waals surface area contributed by atoms with Crippen LogP contribution < -0.4 is 0 Å². The molecule has 1 saturated heterocycles. The van der Waals surface area contributed by atoms with Crippen LogP contribution in [0.1, 0.15) is 22.5 Å². The fourth-order valence-electron chi connectivity index (χ4n) is 2.80. The number of thiazole rings is 1. The lowest BCUT2D eigenvalue weighted by molar-refractivity contribution is -0.0334. The zero-order valence-corrected chi connectivity index (χ0v) is 14.3. The highest BCUT2D eigenvalue weighted by Crippen LogP contribution is 2.25. The van der Waals surface area contributed by atoms with Crippen molar-refractivity contribution in [2.24, 2.45) is 0 Å². The summed E-state index contributed by atoms with van der Waals surface area (Å²) in [5, 5.41) is 12.1. The number of aryl methyl sites for hydroxylation is 1. The molecule has 0 spiro atoms. The summed E-state index contributed by atoms with van der Waals surface area (Å²) in [7, 11) is 0. The minimum atomic E-state index is 0.0571. The Balaban J connectivity index is 1.43. The lowest BCUT2D eigenvalue weighted by atomic mass is 10.2. The van der Waals surface area contributed by atoms with E-state index in [0.29, 0.717) is 0 Å². The van der Waals surface area contributed by atoms with Crippen LogP contribution in [0.15, 0.2) is 41.9 Å². The minimum absolute atomic E-state index is 0.0571. The molecule has 3 aromatic rings. The van der Waals surface area contributed by atoms with E-state index in [-0.39, 0.29) is 6.10 Å². The van der Waals surface area contributed by atoms with Crippen LogP contribution in [0.4, 0.5) is 0 Å². The van der Waals surface area contributed by atoms with Gasteiger partial charge in [-0.15, -0.1) is 11.3 Å². The third kappa shape index (κ3) is 3.38. The maximum absolute atomic E-state index is 5.88. The molecule has 1 unspecified atom stereocenters. The SMILES string of the molecule is Cc1csc(C2CN(Cc3cnn(-c4ccccc4)n3)CCO2)n1. The Morgan fingerprint density at radius 2 is 2.17 bits per heavy atom. The van der Waals surface area contributed by atoms with Gasteiger partial charge in [-0.05, 0) is 19.1 Å². The molecule has 0 radical (unpaired) electrons. The number of morpholine rings is 1. The van der Waals surface area contributed by atoms with E-state index in [2.05, 4.69) is 25.5 Å². The summed E-state index contributed by atoms with van der Waals surface area (Å²) >= 11 is 1.67. The molecule has 0 N–H and O–H groups in total. The predicted octanol–water partition coefficient (Wildman–Crippen LogP) is 2.61. The number of para-hydroxylation sites is 1. The third-order valence-electron chi connectivity index (χ3n) is 3.97. The summed E-state index contributed by atoms with van der Waals surface area (Å²) in [6.45, 7) is 5.25. The minimum Gasteiger partial charge on any atom is -0.368 e. The predicted molar refractivity (Wildman–Crippen MR) is 92.2 cm³/mol. The molecule has 7 heteroatoms. The highest BCUT2D eigenvalue weighted by Gasteiger charge is 2.24. The lowest BCUT2D eigenvalue weighted by Gasteiger charge is -2.31. The number of aromatic nitrogens is 4. The lowest BCUT2D eigenvalue weighted by Crippen LogP contribution is -2.37. The van der Waals surface area contributed by atoms with Gasteiger partial charge in [-0.1, -0.05) is 18.2 Å². The molecule has 1 aliphatic rings. The molecule has 0 bridgehead atoms. The van der Waals surface area contributed by atoms with E-state index in [0.717, 1.165) is 48.3 Å². The van der Waals surface area contributed by atoms with Crippen LogP contribution in [0.25, 0.3) is 5.69 Å². The van der Waals surface area contributed by atoms with E-state index in [1.165, 1.54) is 0 Å². The number of nitrogens with zero attached hydrogens (tertiary/aromatic N) is 5. The van der Waals surface area contributed by atoms with Gasteiger partial charge in [-0.25, -0.2) is 4.98 Å². The molecule has 0 amide bonds. The quantitative estimate of drug-likeness (QED) is 0.730. The highest BCUT2D eigenvalue weighted by molar-refractivity contribution is 7.09. The van der Waals surface area contributed by atoms with E-state index < -0.39 is 0 Å². The van der Waals surface area contributed by atoms with Gasteiger partial charge in [0.1, 0.15) is 11.1 Å². The molecule has 124 valence electrons. The van der Waals surface area contributed by atoms with Crippen LogP contribution >= 0.6 is 11.3 Å². The zero-order chi connectivity index (χ0) is 16.4. The molecule has 0 saturated carbocycles. The normalized spacial score (nSPS) is 18.8. The van der Waals surface area contributed by atoms with Crippen molar-refractivity contribution in [2.75, 3.05) is 19.7 Å². The van der Waals surface area contributed by atoms with Gasteiger partial charge in [0.25, 0.3) is 0 Å². The van der Waals surface area contributed by atoms with Gasteiger partial charge in [0.05, 0.1) is 24.2 Å². The van der Waals surface area contributed by atoms with Gasteiger partial charge in [0.2, 0.25) is 0 Å². The maximum atomic E-state index is 5.88. The molecule has 4 rings (SSSR count). The van der Waals surface area contributed by atoms with Gasteiger partial charge in [-0.2, -0.15) is 15.0 Å². The Hall–Kier alpha value is -2.09. The van der Waals surface area contributed by atoms with E-state index in [1.54, 1.807) is 16.1 Å². The summed E-state index contributed by atoms with van der Waals surface area (Å²) < 4.78 is 5.88. The van der Waals surface area contributed by atoms with Crippen LogP contribution in [-0.4, -0.2) is 44.6 Å². The number of rotatable bonds is 4. The van der Waals surface area contributed by atoms with Crippen molar-refractivity contribution in [1.82, 2.24) is 24.9 Å². The fraction of sp³-hybridized carbons (Fsp3) is 0.353. The topological polar surface area (TPSA) is 56.1 Å². The second-order valence-corrected chi connectivity index (χ2v) is 6.77. The van der Waals surface area contributed by atoms with Crippen molar-refractivity contribution in [3.8, 4) is 5.69 Å². The van der Waals surface area contributed by atoms with Gasteiger partial charge in [-0.3, -0.25) is 4.90 Å². The average Bonchev–Trinajstić information content (AvgIpc) is 3.25. The van der Waals surface area contributed by atoms with E-state index in [4.69, 9.17) is 4.74 Å². The van der Waals surface area contributed by atoms with E-state index in [1.807, 2.05) is 43.5 Å². The van der Waals surface area contributed by atoms with Gasteiger partial charge in [0, 0.05) is 30.7 Å². The summed E-state index contributed by atoms with van der Waals surface area (Å²) in [4.78, 5) is 8.58. The first-order valence-electron chi connectivity index (χ1n) is 8.00. The van der Waals surface area contributed by atoms with Crippen molar-refractivity contribution in [3.63, 3.8) is 0 Å². The zero-order valence-electron chi connectivity index (χ0n) is 13.5. The Labute approximate surface area is 144 Å². The first kappa shape index (κ1) is 15.4. The molecule has 6 nitrogen and oxygen atoms in total. The van der Waals surface area contributed by atoms with Crippen LogP contribution in [0.3, 0.4) is 0 Å². The first-order valence-corrected chi connectivity index (χ1v) is 8.88. The largest absolute Gasteiger partial charge is 0.368 e.